The highest BCUT2D eigenvalue weighted by molar-refractivity contribution is 5.99. The second-order valence-corrected chi connectivity index (χ2v) is 3.67. The van der Waals surface area contributed by atoms with Crippen molar-refractivity contribution >= 4 is 17.6 Å². The van der Waals surface area contributed by atoms with Crippen LogP contribution in [0, 0.1) is 0 Å². The van der Waals surface area contributed by atoms with Crippen LogP contribution in [-0.2, 0) is 9.59 Å². The second-order valence-electron chi connectivity index (χ2n) is 3.67. The third-order valence-corrected chi connectivity index (χ3v) is 2.69. The number of methoxy groups -OCH3 is 1. The molecule has 17 heavy (non-hydrogen) atoms. The van der Waals surface area contributed by atoms with Crippen molar-refractivity contribution < 1.29 is 24.5 Å². The molecule has 6 nitrogen and oxygen atoms in total. The molecule has 90 valence electrons. The standard InChI is InChI=1S/C11H11NO5/c1-17-7-4-2-6(3-5-7)12-8(10(13)14)9(12)11(15)16/h2-5,8-9H,1H3,(H,13,14)(H,15,16). The molecule has 2 N–H and O–H groups in total. The normalized spacial score (nSPS) is 22.1. The van der Waals surface area contributed by atoms with Crippen molar-refractivity contribution in [3.8, 4) is 5.75 Å². The maximum absolute atomic E-state index is 10.9. The van der Waals surface area contributed by atoms with Gasteiger partial charge in [-0.1, -0.05) is 0 Å². The van der Waals surface area contributed by atoms with E-state index in [0.29, 0.717) is 11.4 Å². The molecule has 1 heterocycles. The number of hydrogen-bond donors (Lipinski definition) is 2. The molecule has 2 rings (SSSR count). The zero-order valence-electron chi connectivity index (χ0n) is 9.03. The van der Waals surface area contributed by atoms with Crippen LogP contribution in [0.1, 0.15) is 0 Å². The summed E-state index contributed by atoms with van der Waals surface area (Å²) in [5, 5.41) is 17.8. The number of nitrogens with zero attached hydrogens (tertiary/aromatic N) is 1. The van der Waals surface area contributed by atoms with Crippen molar-refractivity contribution in [3.05, 3.63) is 24.3 Å². The number of ether oxygens (including phenoxy) is 1. The highest BCUT2D eigenvalue weighted by Gasteiger charge is 2.58. The molecule has 1 aromatic carbocycles. The van der Waals surface area contributed by atoms with Gasteiger partial charge in [-0.2, -0.15) is 0 Å². The topological polar surface area (TPSA) is 86.8 Å². The monoisotopic (exact) mass is 237 g/mol. The van der Waals surface area contributed by atoms with Crippen LogP contribution in [0.15, 0.2) is 24.3 Å². The summed E-state index contributed by atoms with van der Waals surface area (Å²) in [6.45, 7) is 0. The van der Waals surface area contributed by atoms with E-state index in [1.807, 2.05) is 0 Å². The highest BCUT2D eigenvalue weighted by Crippen LogP contribution is 2.36. The first-order valence-electron chi connectivity index (χ1n) is 4.94. The van der Waals surface area contributed by atoms with Gasteiger partial charge in [0.25, 0.3) is 0 Å². The van der Waals surface area contributed by atoms with Gasteiger partial charge in [0.2, 0.25) is 0 Å². The van der Waals surface area contributed by atoms with Crippen molar-refractivity contribution in [1.29, 1.82) is 0 Å². The Hall–Kier alpha value is -2.24. The van der Waals surface area contributed by atoms with Gasteiger partial charge in [0, 0.05) is 5.69 Å². The summed E-state index contributed by atoms with van der Waals surface area (Å²) in [5.74, 6) is -1.63. The van der Waals surface area contributed by atoms with Crippen molar-refractivity contribution in [2.24, 2.45) is 0 Å². The van der Waals surface area contributed by atoms with E-state index in [1.165, 1.54) is 12.0 Å². The molecule has 0 aromatic heterocycles. The first-order valence-corrected chi connectivity index (χ1v) is 4.94. The van der Waals surface area contributed by atoms with E-state index >= 15 is 0 Å². The minimum absolute atomic E-state index is 0.561. The smallest absolute Gasteiger partial charge is 0.329 e. The lowest BCUT2D eigenvalue weighted by atomic mass is 10.3. The molecule has 1 aromatic rings. The maximum atomic E-state index is 10.9. The molecule has 1 saturated heterocycles. The fourth-order valence-corrected chi connectivity index (χ4v) is 1.81. The van der Waals surface area contributed by atoms with Gasteiger partial charge in [-0.3, -0.25) is 0 Å². The molecule has 0 saturated carbocycles. The number of anilines is 1. The van der Waals surface area contributed by atoms with Gasteiger partial charge < -0.3 is 19.8 Å². The second kappa shape index (κ2) is 3.97. The quantitative estimate of drug-likeness (QED) is 0.738. The fraction of sp³-hybridized carbons (Fsp3) is 0.273. The molecule has 6 heteroatoms. The summed E-state index contributed by atoms with van der Waals surface area (Å²) in [6.07, 6.45) is 0. The Bertz CT molecular complexity index is 435. The first kappa shape index (κ1) is 11.3. The summed E-state index contributed by atoms with van der Waals surface area (Å²) < 4.78 is 4.97. The number of carboxylic acid groups (broad SMARTS) is 2. The molecule has 1 aliphatic heterocycles. The van der Waals surface area contributed by atoms with Crippen LogP contribution < -0.4 is 9.64 Å². The molecule has 2 unspecified atom stereocenters. The minimum atomic E-state index is -1.13. The van der Waals surface area contributed by atoms with Crippen LogP contribution in [0.3, 0.4) is 0 Å². The summed E-state index contributed by atoms with van der Waals surface area (Å²) >= 11 is 0. The lowest BCUT2D eigenvalue weighted by Crippen LogP contribution is -2.14. The van der Waals surface area contributed by atoms with E-state index in [0.717, 1.165) is 0 Å². The highest BCUT2D eigenvalue weighted by atomic mass is 16.5. The molecular weight excluding hydrogens is 226 g/mol. The molecule has 0 radical (unpaired) electrons. The predicted molar refractivity (Wildman–Crippen MR) is 58.3 cm³/mol. The lowest BCUT2D eigenvalue weighted by molar-refractivity contribution is -0.140. The van der Waals surface area contributed by atoms with Crippen LogP contribution >= 0.6 is 0 Å². The van der Waals surface area contributed by atoms with Gasteiger partial charge in [-0.05, 0) is 24.3 Å². The number of carbonyl (C=O) groups is 2. The lowest BCUT2D eigenvalue weighted by Gasteiger charge is -2.05. The maximum Gasteiger partial charge on any atom is 0.329 e. The van der Waals surface area contributed by atoms with Crippen molar-refractivity contribution in [1.82, 2.24) is 0 Å². The van der Waals surface area contributed by atoms with Gasteiger partial charge in [0.15, 0.2) is 12.1 Å². The molecule has 0 bridgehead atoms. The number of hydrogen-bond acceptors (Lipinski definition) is 4. The largest absolute Gasteiger partial charge is 0.497 e. The Morgan fingerprint density at radius 2 is 1.59 bits per heavy atom. The summed E-state index contributed by atoms with van der Waals surface area (Å²) in [4.78, 5) is 23.0. The first-order chi connectivity index (χ1) is 8.06. The zero-order chi connectivity index (χ0) is 12.6. The van der Waals surface area contributed by atoms with Crippen LogP contribution in [-0.4, -0.2) is 41.3 Å². The van der Waals surface area contributed by atoms with E-state index in [2.05, 4.69) is 0 Å². The number of carboxylic acids is 2. The summed E-state index contributed by atoms with van der Waals surface area (Å²) in [7, 11) is 1.52. The average molecular weight is 237 g/mol. The zero-order valence-corrected chi connectivity index (χ0v) is 9.03. The van der Waals surface area contributed by atoms with E-state index in [-0.39, 0.29) is 0 Å². The van der Waals surface area contributed by atoms with E-state index in [4.69, 9.17) is 14.9 Å². The summed E-state index contributed by atoms with van der Waals surface area (Å²) in [5.41, 5.74) is 0.561. The SMILES string of the molecule is COc1ccc(N2C(C(=O)O)C2C(=O)O)cc1. The van der Waals surface area contributed by atoms with E-state index in [9.17, 15) is 9.59 Å². The Balaban J connectivity index is 2.22. The molecule has 0 amide bonds. The number of rotatable bonds is 4. The number of aliphatic carboxylic acids is 2. The predicted octanol–water partition coefficient (Wildman–Crippen LogP) is 0.422. The molecular formula is C11H11NO5. The number of benzene rings is 1. The van der Waals surface area contributed by atoms with Crippen LogP contribution in [0.4, 0.5) is 5.69 Å². The Morgan fingerprint density at radius 1 is 1.12 bits per heavy atom. The van der Waals surface area contributed by atoms with Gasteiger partial charge in [-0.25, -0.2) is 9.59 Å². The van der Waals surface area contributed by atoms with Gasteiger partial charge in [0.05, 0.1) is 7.11 Å². The average Bonchev–Trinajstić information content (AvgIpc) is 3.04. The summed E-state index contributed by atoms with van der Waals surface area (Å²) in [6, 6.07) is 4.62. The van der Waals surface area contributed by atoms with Crippen molar-refractivity contribution in [2.75, 3.05) is 12.0 Å². The van der Waals surface area contributed by atoms with Gasteiger partial charge >= 0.3 is 11.9 Å². The molecule has 0 aliphatic carbocycles. The van der Waals surface area contributed by atoms with Crippen molar-refractivity contribution in [3.63, 3.8) is 0 Å². The Morgan fingerprint density at radius 3 is 1.94 bits per heavy atom. The minimum Gasteiger partial charge on any atom is -0.497 e. The molecule has 1 aliphatic rings. The molecule has 0 spiro atoms. The molecule has 1 fully saturated rings. The van der Waals surface area contributed by atoms with Crippen molar-refractivity contribution in [2.45, 2.75) is 12.1 Å². The van der Waals surface area contributed by atoms with E-state index in [1.54, 1.807) is 24.3 Å². The van der Waals surface area contributed by atoms with Crippen LogP contribution in [0.25, 0.3) is 0 Å². The fourth-order valence-electron chi connectivity index (χ4n) is 1.81. The molecule has 2 atom stereocenters. The van der Waals surface area contributed by atoms with Gasteiger partial charge in [0.1, 0.15) is 5.75 Å². The van der Waals surface area contributed by atoms with Crippen LogP contribution in [0.5, 0.6) is 5.75 Å². The van der Waals surface area contributed by atoms with E-state index < -0.39 is 24.0 Å². The third kappa shape index (κ3) is 1.89. The van der Waals surface area contributed by atoms with Crippen LogP contribution in [0.2, 0.25) is 0 Å². The third-order valence-electron chi connectivity index (χ3n) is 2.69. The Labute approximate surface area is 97.0 Å². The van der Waals surface area contributed by atoms with Gasteiger partial charge in [-0.15, -0.1) is 0 Å². The Kier molecular flexibility index (Phi) is 2.63.